The molecule has 10 nitrogen and oxygen atoms in total. The molecule has 184 valence electrons. The second-order valence-corrected chi connectivity index (χ2v) is 10.5. The number of piperidine rings is 2. The highest BCUT2D eigenvalue weighted by atomic mass is 16.6. The molecule has 3 saturated heterocycles. The first-order chi connectivity index (χ1) is 16.3. The van der Waals surface area contributed by atoms with Gasteiger partial charge < -0.3 is 24.4 Å². The number of nitrogens with one attached hydrogen (secondary N) is 2. The van der Waals surface area contributed by atoms with Gasteiger partial charge in [0.1, 0.15) is 11.7 Å². The number of hydrogen-bond acceptors (Lipinski definition) is 8. The molecule has 2 aromatic heterocycles. The number of fused-ring (bicyclic) bond motifs is 2. The molecule has 0 radical (unpaired) electrons. The summed E-state index contributed by atoms with van der Waals surface area (Å²) in [5, 5.41) is 10.6. The zero-order valence-electron chi connectivity index (χ0n) is 20.1. The third-order valence-electron chi connectivity index (χ3n) is 6.66. The molecule has 5 rings (SSSR count). The molecule has 3 aliphatic heterocycles. The van der Waals surface area contributed by atoms with Crippen LogP contribution >= 0.6 is 0 Å². The normalized spacial score (nSPS) is 26.9. The zero-order chi connectivity index (χ0) is 23.7. The van der Waals surface area contributed by atoms with Crippen molar-refractivity contribution in [3.63, 3.8) is 0 Å². The summed E-state index contributed by atoms with van der Waals surface area (Å²) in [7, 11) is 0. The first kappa shape index (κ1) is 22.9. The number of rotatable bonds is 5. The Balaban J connectivity index is 1.21. The lowest BCUT2D eigenvalue weighted by Crippen LogP contribution is -2.57. The van der Waals surface area contributed by atoms with Crippen LogP contribution in [0.25, 0.3) is 0 Å². The van der Waals surface area contributed by atoms with Crippen LogP contribution in [0.5, 0.6) is 5.88 Å². The Morgan fingerprint density at radius 1 is 1.18 bits per heavy atom. The predicted octanol–water partition coefficient (Wildman–Crippen LogP) is 4.15. The minimum atomic E-state index is -0.498. The number of aromatic amines is 1. The lowest BCUT2D eigenvalue weighted by atomic mass is 9.83. The summed E-state index contributed by atoms with van der Waals surface area (Å²) in [4.78, 5) is 23.6. The molecule has 0 saturated carbocycles. The van der Waals surface area contributed by atoms with E-state index in [0.29, 0.717) is 23.4 Å². The molecule has 2 N–H and O–H groups in total. The van der Waals surface area contributed by atoms with Gasteiger partial charge in [-0.3, -0.25) is 10.1 Å². The molecule has 2 unspecified atom stereocenters. The lowest BCUT2D eigenvalue weighted by Gasteiger charge is -2.48. The van der Waals surface area contributed by atoms with Gasteiger partial charge in [-0.05, 0) is 46.5 Å². The second-order valence-electron chi connectivity index (χ2n) is 10.5. The van der Waals surface area contributed by atoms with Crippen molar-refractivity contribution < 1.29 is 19.0 Å². The van der Waals surface area contributed by atoms with E-state index in [0.717, 1.165) is 57.4 Å². The summed E-state index contributed by atoms with van der Waals surface area (Å²) in [5.41, 5.74) is 0.561. The van der Waals surface area contributed by atoms with Crippen molar-refractivity contribution in [3.05, 3.63) is 24.2 Å². The summed E-state index contributed by atoms with van der Waals surface area (Å²) in [6.07, 6.45) is 8.65. The monoisotopic (exact) mass is 470 g/mol. The highest BCUT2D eigenvalue weighted by Gasteiger charge is 2.43. The van der Waals surface area contributed by atoms with Crippen LogP contribution in [0.3, 0.4) is 0 Å². The van der Waals surface area contributed by atoms with Crippen molar-refractivity contribution in [1.82, 2.24) is 25.1 Å². The third-order valence-corrected chi connectivity index (χ3v) is 6.66. The van der Waals surface area contributed by atoms with Crippen molar-refractivity contribution >= 4 is 17.7 Å². The van der Waals surface area contributed by atoms with E-state index in [4.69, 9.17) is 14.2 Å². The predicted molar refractivity (Wildman–Crippen MR) is 125 cm³/mol. The highest BCUT2D eigenvalue weighted by Crippen LogP contribution is 2.36. The van der Waals surface area contributed by atoms with Gasteiger partial charge in [-0.2, -0.15) is 10.1 Å². The van der Waals surface area contributed by atoms with Gasteiger partial charge >= 0.3 is 6.09 Å². The molecule has 34 heavy (non-hydrogen) atoms. The smallest absolute Gasteiger partial charge is 0.410 e. The fourth-order valence-electron chi connectivity index (χ4n) is 5.20. The molecule has 0 spiro atoms. The molecule has 0 aliphatic carbocycles. The Morgan fingerprint density at radius 2 is 1.97 bits per heavy atom. The van der Waals surface area contributed by atoms with Crippen LogP contribution < -0.4 is 10.1 Å². The highest BCUT2D eigenvalue weighted by molar-refractivity contribution is 5.69. The number of amides is 1. The number of aromatic nitrogens is 4. The van der Waals surface area contributed by atoms with Crippen LogP contribution in [0.15, 0.2) is 18.5 Å². The topological polar surface area (TPSA) is 114 Å². The van der Waals surface area contributed by atoms with Crippen LogP contribution in [-0.2, 0) is 9.47 Å². The number of carbonyl (C=O) groups excluding carboxylic acids is 1. The molecular formula is C24H34N6O4. The maximum Gasteiger partial charge on any atom is 0.410 e. The largest absolute Gasteiger partial charge is 0.473 e. The minimum Gasteiger partial charge on any atom is -0.473 e. The Kier molecular flexibility index (Phi) is 6.33. The first-order valence-corrected chi connectivity index (χ1v) is 12.2. The standard InChI is InChI=1S/C24H34N6O4/c1-24(2,3)34-23(31)30-16-5-4-6-17(30)10-18(9-16)33-22-13-25-12-21(27-22)26-20-11-19(28-29-20)15-7-8-32-14-15/h11-13,15-18H,4-10,14H2,1-3H3,(H2,26,27,28,29)/t15-,16?,17?,18?/m0/s1. The molecule has 3 fully saturated rings. The van der Waals surface area contributed by atoms with Gasteiger partial charge in [-0.15, -0.1) is 0 Å². The van der Waals surface area contributed by atoms with Crippen molar-refractivity contribution in [2.75, 3.05) is 18.5 Å². The number of anilines is 2. The fraction of sp³-hybridized carbons (Fsp3) is 0.667. The van der Waals surface area contributed by atoms with Crippen LogP contribution in [-0.4, -0.2) is 68.2 Å². The first-order valence-electron chi connectivity index (χ1n) is 12.2. The van der Waals surface area contributed by atoms with Gasteiger partial charge in [-0.25, -0.2) is 4.79 Å². The van der Waals surface area contributed by atoms with Crippen LogP contribution in [0, 0.1) is 0 Å². The summed E-state index contributed by atoms with van der Waals surface area (Å²) >= 11 is 0. The van der Waals surface area contributed by atoms with Crippen molar-refractivity contribution in [2.24, 2.45) is 0 Å². The van der Waals surface area contributed by atoms with Gasteiger partial charge in [0.05, 0.1) is 19.0 Å². The summed E-state index contributed by atoms with van der Waals surface area (Å²) in [6.45, 7) is 7.23. The lowest BCUT2D eigenvalue weighted by molar-refractivity contribution is -0.0412. The molecule has 1 amide bonds. The molecular weight excluding hydrogens is 436 g/mol. The van der Waals surface area contributed by atoms with Gasteiger partial charge in [-0.1, -0.05) is 0 Å². The maximum absolute atomic E-state index is 12.8. The number of ether oxygens (including phenoxy) is 3. The molecule has 3 aliphatic rings. The van der Waals surface area contributed by atoms with Crippen LogP contribution in [0.2, 0.25) is 0 Å². The SMILES string of the molecule is CC(C)(C)OC(=O)N1C2CCCC1CC(Oc1cncc(Nc3cc([C@H]4CCOC4)[nH]n3)n1)C2. The minimum absolute atomic E-state index is 0.0158. The number of H-pyrrole nitrogens is 1. The van der Waals surface area contributed by atoms with E-state index >= 15 is 0 Å². The van der Waals surface area contributed by atoms with E-state index in [9.17, 15) is 4.79 Å². The average molecular weight is 471 g/mol. The summed E-state index contributed by atoms with van der Waals surface area (Å²) in [5.74, 6) is 2.09. The third kappa shape index (κ3) is 5.27. The van der Waals surface area contributed by atoms with Gasteiger partial charge in [0.15, 0.2) is 11.6 Å². The van der Waals surface area contributed by atoms with Gasteiger partial charge in [0.25, 0.3) is 0 Å². The Hall–Kier alpha value is -2.88. The van der Waals surface area contributed by atoms with E-state index < -0.39 is 5.60 Å². The van der Waals surface area contributed by atoms with Crippen LogP contribution in [0.1, 0.15) is 70.9 Å². The Labute approximate surface area is 199 Å². The molecule has 3 atom stereocenters. The Bertz CT molecular complexity index is 985. The average Bonchev–Trinajstić information content (AvgIpc) is 3.44. The van der Waals surface area contributed by atoms with Crippen molar-refractivity contribution in [2.45, 2.75) is 89.0 Å². The van der Waals surface area contributed by atoms with E-state index in [1.807, 2.05) is 31.7 Å². The van der Waals surface area contributed by atoms with Gasteiger partial charge in [0, 0.05) is 49.2 Å². The van der Waals surface area contributed by atoms with Gasteiger partial charge in [0.2, 0.25) is 5.88 Å². The van der Waals surface area contributed by atoms with E-state index in [2.05, 4.69) is 25.5 Å². The van der Waals surface area contributed by atoms with Crippen molar-refractivity contribution in [3.8, 4) is 5.88 Å². The molecule has 0 aromatic carbocycles. The molecule has 2 bridgehead atoms. The van der Waals surface area contributed by atoms with Crippen LogP contribution in [0.4, 0.5) is 16.4 Å². The number of hydrogen-bond donors (Lipinski definition) is 2. The Morgan fingerprint density at radius 3 is 2.68 bits per heavy atom. The summed E-state index contributed by atoms with van der Waals surface area (Å²) in [6, 6.07) is 2.25. The van der Waals surface area contributed by atoms with E-state index in [-0.39, 0.29) is 24.3 Å². The maximum atomic E-state index is 12.8. The number of nitrogens with zero attached hydrogens (tertiary/aromatic N) is 4. The number of carbonyl (C=O) groups is 1. The fourth-order valence-corrected chi connectivity index (χ4v) is 5.20. The molecule has 5 heterocycles. The van der Waals surface area contributed by atoms with Crippen molar-refractivity contribution in [1.29, 1.82) is 0 Å². The van der Waals surface area contributed by atoms with E-state index in [1.165, 1.54) is 0 Å². The van der Waals surface area contributed by atoms with E-state index in [1.54, 1.807) is 12.4 Å². The quantitative estimate of drug-likeness (QED) is 0.670. The second kappa shape index (κ2) is 9.40. The zero-order valence-corrected chi connectivity index (χ0v) is 20.1. The summed E-state index contributed by atoms with van der Waals surface area (Å²) < 4.78 is 17.4. The molecule has 10 heteroatoms. The molecule has 2 aromatic rings.